The number of anilines is 1. The number of sulfonamides is 1. The van der Waals surface area contributed by atoms with Crippen molar-refractivity contribution in [1.29, 1.82) is 0 Å². The summed E-state index contributed by atoms with van der Waals surface area (Å²) in [6.07, 6.45) is 12.8. The lowest BCUT2D eigenvalue weighted by Gasteiger charge is -2.29. The first-order chi connectivity index (χ1) is 16.9. The Balaban J connectivity index is 1.39. The van der Waals surface area contributed by atoms with E-state index >= 15 is 0 Å². The SMILES string of the molecule is O=S(=O)(c1ccc(F)cc1)N(CCCCCCCNC(=S)Nc1ccncc1)OC1CCCCC1. The molecule has 0 saturated heterocycles. The average Bonchev–Trinajstić information content (AvgIpc) is 2.86. The van der Waals surface area contributed by atoms with E-state index in [2.05, 4.69) is 15.6 Å². The Labute approximate surface area is 213 Å². The van der Waals surface area contributed by atoms with E-state index in [9.17, 15) is 12.8 Å². The minimum absolute atomic E-state index is 0.0529. The van der Waals surface area contributed by atoms with Crippen LogP contribution < -0.4 is 10.6 Å². The van der Waals surface area contributed by atoms with Crippen molar-refractivity contribution in [2.45, 2.75) is 75.2 Å². The van der Waals surface area contributed by atoms with Gasteiger partial charge in [0.05, 0.1) is 11.0 Å². The van der Waals surface area contributed by atoms with Crippen LogP contribution in [0.25, 0.3) is 0 Å². The van der Waals surface area contributed by atoms with E-state index in [1.165, 1.54) is 12.1 Å². The molecule has 2 aromatic rings. The van der Waals surface area contributed by atoms with Crippen LogP contribution in [0.1, 0.15) is 64.2 Å². The number of halogens is 1. The fraction of sp³-hybridized carbons (Fsp3) is 0.520. The van der Waals surface area contributed by atoms with Crippen LogP contribution in [0.2, 0.25) is 0 Å². The highest BCUT2D eigenvalue weighted by Crippen LogP contribution is 2.25. The molecule has 192 valence electrons. The van der Waals surface area contributed by atoms with Gasteiger partial charge in [0.1, 0.15) is 5.82 Å². The topological polar surface area (TPSA) is 83.6 Å². The zero-order chi connectivity index (χ0) is 24.9. The third kappa shape index (κ3) is 9.44. The van der Waals surface area contributed by atoms with Crippen molar-refractivity contribution in [3.8, 4) is 0 Å². The Bertz CT molecular complexity index is 1000. The number of benzene rings is 1. The molecule has 35 heavy (non-hydrogen) atoms. The van der Waals surface area contributed by atoms with Crippen LogP contribution >= 0.6 is 12.2 Å². The largest absolute Gasteiger partial charge is 0.362 e. The number of pyridine rings is 1. The third-order valence-corrected chi connectivity index (χ3v) is 7.86. The fourth-order valence-corrected chi connectivity index (χ4v) is 5.54. The third-order valence-electron chi connectivity index (χ3n) is 5.94. The highest BCUT2D eigenvalue weighted by Gasteiger charge is 2.29. The predicted molar refractivity (Wildman–Crippen MR) is 140 cm³/mol. The first-order valence-corrected chi connectivity index (χ1v) is 14.2. The Kier molecular flexibility index (Phi) is 11.3. The van der Waals surface area contributed by atoms with Gasteiger partial charge in [-0.15, -0.1) is 0 Å². The first-order valence-electron chi connectivity index (χ1n) is 12.3. The summed E-state index contributed by atoms with van der Waals surface area (Å²) in [5, 5.41) is 6.89. The van der Waals surface area contributed by atoms with Crippen LogP contribution in [-0.2, 0) is 14.9 Å². The summed E-state index contributed by atoms with van der Waals surface area (Å²) in [5.74, 6) is -0.466. The Hall–Kier alpha value is -2.14. The Morgan fingerprint density at radius 3 is 2.37 bits per heavy atom. The van der Waals surface area contributed by atoms with Crippen LogP contribution in [0, 0.1) is 5.82 Å². The van der Waals surface area contributed by atoms with Crippen molar-refractivity contribution >= 4 is 33.0 Å². The molecule has 1 saturated carbocycles. The summed E-state index contributed by atoms with van der Waals surface area (Å²) in [5.41, 5.74) is 0.896. The van der Waals surface area contributed by atoms with E-state index in [0.29, 0.717) is 11.5 Å². The van der Waals surface area contributed by atoms with Gasteiger partial charge in [-0.3, -0.25) is 9.82 Å². The molecule has 3 rings (SSSR count). The molecule has 0 bridgehead atoms. The first kappa shape index (κ1) is 27.4. The number of hydroxylamine groups is 1. The van der Waals surface area contributed by atoms with Crippen LogP contribution in [0.3, 0.4) is 0 Å². The zero-order valence-electron chi connectivity index (χ0n) is 20.0. The Morgan fingerprint density at radius 1 is 1.00 bits per heavy atom. The molecule has 0 amide bonds. The van der Waals surface area contributed by atoms with Crippen molar-refractivity contribution in [3.05, 3.63) is 54.6 Å². The molecule has 0 spiro atoms. The maximum absolute atomic E-state index is 13.3. The summed E-state index contributed by atoms with van der Waals surface area (Å²) in [4.78, 5) is 10.0. The van der Waals surface area contributed by atoms with E-state index in [1.807, 2.05) is 12.1 Å². The minimum atomic E-state index is -3.84. The van der Waals surface area contributed by atoms with Gasteiger partial charge >= 0.3 is 0 Å². The lowest BCUT2D eigenvalue weighted by Crippen LogP contribution is -2.37. The van der Waals surface area contributed by atoms with Gasteiger partial charge in [-0.1, -0.05) is 43.0 Å². The van der Waals surface area contributed by atoms with Gasteiger partial charge in [-0.25, -0.2) is 12.8 Å². The van der Waals surface area contributed by atoms with Crippen LogP contribution in [0.5, 0.6) is 0 Å². The van der Waals surface area contributed by atoms with Gasteiger partial charge in [0.2, 0.25) is 0 Å². The normalized spacial score (nSPS) is 14.7. The molecule has 2 N–H and O–H groups in total. The summed E-state index contributed by atoms with van der Waals surface area (Å²) in [6.45, 7) is 1.06. The van der Waals surface area contributed by atoms with Gasteiger partial charge in [-0.2, -0.15) is 0 Å². The highest BCUT2D eigenvalue weighted by atomic mass is 32.2. The van der Waals surface area contributed by atoms with Gasteiger partial charge in [0.15, 0.2) is 5.11 Å². The number of hydrogen-bond donors (Lipinski definition) is 2. The van der Waals surface area contributed by atoms with E-state index in [-0.39, 0.29) is 17.5 Å². The molecule has 0 atom stereocenters. The molecule has 1 heterocycles. The Morgan fingerprint density at radius 2 is 1.66 bits per heavy atom. The molecule has 1 aromatic heterocycles. The van der Waals surface area contributed by atoms with Crippen LogP contribution in [0.15, 0.2) is 53.7 Å². The molecule has 7 nitrogen and oxygen atoms in total. The number of hydrogen-bond acceptors (Lipinski definition) is 5. The number of nitrogens with one attached hydrogen (secondary N) is 2. The predicted octanol–water partition coefficient (Wildman–Crippen LogP) is 5.41. The average molecular weight is 523 g/mol. The monoisotopic (exact) mass is 522 g/mol. The highest BCUT2D eigenvalue weighted by molar-refractivity contribution is 7.89. The van der Waals surface area contributed by atoms with E-state index in [1.54, 1.807) is 12.4 Å². The van der Waals surface area contributed by atoms with Crippen molar-refractivity contribution < 1.29 is 17.6 Å². The van der Waals surface area contributed by atoms with Gasteiger partial charge in [-0.05, 0) is 74.3 Å². The minimum Gasteiger partial charge on any atom is -0.362 e. The molecule has 10 heteroatoms. The number of thiocarbonyl (C=S) groups is 1. The van der Waals surface area contributed by atoms with Crippen molar-refractivity contribution in [2.75, 3.05) is 18.4 Å². The van der Waals surface area contributed by atoms with E-state index in [0.717, 1.165) is 86.6 Å². The smallest absolute Gasteiger partial charge is 0.265 e. The quantitative estimate of drug-likeness (QED) is 0.207. The fourth-order valence-electron chi connectivity index (χ4n) is 4.00. The molecular weight excluding hydrogens is 487 g/mol. The molecule has 1 aromatic carbocycles. The molecule has 0 unspecified atom stereocenters. The molecular formula is C25H35FN4O3S2. The van der Waals surface area contributed by atoms with Crippen molar-refractivity contribution in [3.63, 3.8) is 0 Å². The van der Waals surface area contributed by atoms with E-state index < -0.39 is 15.8 Å². The maximum atomic E-state index is 13.3. The second-order valence-corrected chi connectivity index (χ2v) is 11.0. The number of aromatic nitrogens is 1. The maximum Gasteiger partial charge on any atom is 0.265 e. The molecule has 1 aliphatic carbocycles. The summed E-state index contributed by atoms with van der Waals surface area (Å²) < 4.78 is 40.8. The lowest BCUT2D eigenvalue weighted by atomic mass is 9.98. The number of rotatable bonds is 13. The van der Waals surface area contributed by atoms with Crippen molar-refractivity contribution in [2.24, 2.45) is 0 Å². The van der Waals surface area contributed by atoms with Gasteiger partial charge in [0, 0.05) is 31.2 Å². The van der Waals surface area contributed by atoms with Crippen molar-refractivity contribution in [1.82, 2.24) is 14.8 Å². The van der Waals surface area contributed by atoms with Crippen LogP contribution in [-0.4, -0.2) is 42.2 Å². The zero-order valence-corrected chi connectivity index (χ0v) is 21.6. The molecule has 1 aliphatic rings. The standard InChI is InChI=1S/C25H35FN4O3S2/c26-21-11-13-24(14-12-21)35(31,32)30(33-23-9-5-4-6-10-23)20-8-3-1-2-7-17-28-25(34)29-22-15-18-27-19-16-22/h11-16,18-19,23H,1-10,17,20H2,(H2,27,28,29,34). The van der Waals surface area contributed by atoms with Gasteiger partial charge < -0.3 is 10.6 Å². The molecule has 1 fully saturated rings. The lowest BCUT2D eigenvalue weighted by molar-refractivity contribution is -0.143. The summed E-state index contributed by atoms with van der Waals surface area (Å²) in [6, 6.07) is 8.62. The second-order valence-electron chi connectivity index (χ2n) is 8.74. The number of nitrogens with zero attached hydrogens (tertiary/aromatic N) is 2. The molecule has 0 radical (unpaired) electrons. The van der Waals surface area contributed by atoms with Gasteiger partial charge in [0.25, 0.3) is 10.0 Å². The summed E-state index contributed by atoms with van der Waals surface area (Å²) >= 11 is 5.29. The molecule has 0 aliphatic heterocycles. The van der Waals surface area contributed by atoms with E-state index in [4.69, 9.17) is 17.1 Å². The summed E-state index contributed by atoms with van der Waals surface area (Å²) in [7, 11) is -3.84. The second kappa shape index (κ2) is 14.4. The number of unbranched alkanes of at least 4 members (excludes halogenated alkanes) is 4. The van der Waals surface area contributed by atoms with Crippen LogP contribution in [0.4, 0.5) is 10.1 Å².